The fourth-order valence-corrected chi connectivity index (χ4v) is 1.97. The van der Waals surface area contributed by atoms with Crippen molar-refractivity contribution in [2.24, 2.45) is 4.99 Å². The van der Waals surface area contributed by atoms with Gasteiger partial charge in [0.2, 0.25) is 11.9 Å². The smallest absolute Gasteiger partial charge is 0.229 e. The molecular weight excluding hydrogens is 312 g/mol. The van der Waals surface area contributed by atoms with E-state index in [1.165, 1.54) is 0 Å². The first kappa shape index (κ1) is 16.8. The quantitative estimate of drug-likeness (QED) is 0.375. The second-order valence-electron chi connectivity index (χ2n) is 4.86. The largest absolute Gasteiger partial charge is 0.365 e. The number of nitrogens with zero attached hydrogens (tertiary/aromatic N) is 4. The number of thiocarbonyl (C=S) groups is 1. The summed E-state index contributed by atoms with van der Waals surface area (Å²) in [6.07, 6.45) is 4.17. The highest BCUT2D eigenvalue weighted by atomic mass is 32.1. The number of imidazole rings is 1. The second-order valence-corrected chi connectivity index (χ2v) is 5.27. The van der Waals surface area contributed by atoms with Gasteiger partial charge in [-0.3, -0.25) is 10.3 Å². The molecule has 23 heavy (non-hydrogen) atoms. The van der Waals surface area contributed by atoms with Crippen LogP contribution in [0, 0.1) is 13.8 Å². The van der Waals surface area contributed by atoms with Crippen LogP contribution in [0.3, 0.4) is 0 Å². The first-order valence-corrected chi connectivity index (χ1v) is 7.57. The highest BCUT2D eigenvalue weighted by Gasteiger charge is 2.06. The van der Waals surface area contributed by atoms with Gasteiger partial charge in [-0.15, -0.1) is 0 Å². The summed E-state index contributed by atoms with van der Waals surface area (Å²) in [5.41, 5.74) is 2.79. The van der Waals surface area contributed by atoms with Crippen molar-refractivity contribution in [3.8, 4) is 0 Å². The van der Waals surface area contributed by atoms with E-state index in [4.69, 9.17) is 12.2 Å². The average molecular weight is 332 g/mol. The van der Waals surface area contributed by atoms with E-state index in [2.05, 4.69) is 40.9 Å². The summed E-state index contributed by atoms with van der Waals surface area (Å²) in [6, 6.07) is 1.91. The van der Waals surface area contributed by atoms with E-state index in [0.717, 1.165) is 23.5 Å². The first-order chi connectivity index (χ1) is 11.1. The van der Waals surface area contributed by atoms with E-state index in [-0.39, 0.29) is 0 Å². The molecule has 0 amide bonds. The van der Waals surface area contributed by atoms with Crippen LogP contribution in [0.2, 0.25) is 0 Å². The Labute approximate surface area is 140 Å². The number of anilines is 1. The predicted octanol–water partition coefficient (Wildman–Crippen LogP) is 0.921. The van der Waals surface area contributed by atoms with Gasteiger partial charge in [-0.25, -0.2) is 15.0 Å². The van der Waals surface area contributed by atoms with Crippen LogP contribution < -0.4 is 16.0 Å². The highest BCUT2D eigenvalue weighted by Crippen LogP contribution is 2.03. The van der Waals surface area contributed by atoms with Crippen LogP contribution in [0.4, 0.5) is 5.95 Å². The standard InChI is InChI=1S/C14H20N8S/c1-9-6-10(2)20-13(19-9)21-12(22-14(23)15-3)17-5-4-11-7-16-8-18-11/h6-8H,4-5H2,1-3H3,(H,16,18)(H3,15,17,19,20,21,22,23). The summed E-state index contributed by atoms with van der Waals surface area (Å²) in [5, 5.41) is 9.37. The number of aromatic nitrogens is 4. The maximum Gasteiger partial charge on any atom is 0.229 e. The minimum absolute atomic E-state index is 0.460. The first-order valence-electron chi connectivity index (χ1n) is 7.16. The van der Waals surface area contributed by atoms with Crippen molar-refractivity contribution in [3.63, 3.8) is 0 Å². The molecule has 0 atom stereocenters. The van der Waals surface area contributed by atoms with Gasteiger partial charge in [0.15, 0.2) is 5.11 Å². The molecule has 2 aromatic rings. The maximum absolute atomic E-state index is 5.13. The Morgan fingerprint density at radius 2 is 2.04 bits per heavy atom. The van der Waals surface area contributed by atoms with Crippen molar-refractivity contribution in [1.29, 1.82) is 0 Å². The highest BCUT2D eigenvalue weighted by molar-refractivity contribution is 7.80. The van der Waals surface area contributed by atoms with Crippen LogP contribution in [0.1, 0.15) is 17.1 Å². The number of aryl methyl sites for hydroxylation is 2. The summed E-state index contributed by atoms with van der Waals surface area (Å²) >= 11 is 5.13. The van der Waals surface area contributed by atoms with Gasteiger partial charge in [0.05, 0.1) is 6.33 Å². The van der Waals surface area contributed by atoms with Gasteiger partial charge in [0, 0.05) is 43.3 Å². The van der Waals surface area contributed by atoms with E-state index in [1.54, 1.807) is 19.6 Å². The van der Waals surface area contributed by atoms with Crippen LogP contribution >= 0.6 is 12.2 Å². The molecular formula is C14H20N8S. The van der Waals surface area contributed by atoms with Crippen molar-refractivity contribution in [1.82, 2.24) is 30.6 Å². The number of hydrogen-bond donors (Lipinski definition) is 4. The third-order valence-electron chi connectivity index (χ3n) is 2.88. The van der Waals surface area contributed by atoms with Crippen LogP contribution in [0.5, 0.6) is 0 Å². The molecule has 0 saturated heterocycles. The number of aromatic amines is 1. The van der Waals surface area contributed by atoms with Gasteiger partial charge in [0.25, 0.3) is 0 Å². The zero-order chi connectivity index (χ0) is 16.7. The number of H-pyrrole nitrogens is 1. The molecule has 0 bridgehead atoms. The second kappa shape index (κ2) is 8.18. The molecule has 4 N–H and O–H groups in total. The lowest BCUT2D eigenvalue weighted by atomic mass is 10.3. The molecule has 0 aromatic carbocycles. The van der Waals surface area contributed by atoms with Crippen LogP contribution in [-0.2, 0) is 6.42 Å². The van der Waals surface area contributed by atoms with E-state index >= 15 is 0 Å². The number of hydrogen-bond acceptors (Lipinski definition) is 5. The molecule has 9 heteroatoms. The Balaban J connectivity index is 2.07. The summed E-state index contributed by atoms with van der Waals surface area (Å²) in [6.45, 7) is 4.40. The Hall–Kier alpha value is -2.55. The van der Waals surface area contributed by atoms with Gasteiger partial charge in [-0.2, -0.15) is 0 Å². The fourth-order valence-electron chi connectivity index (χ4n) is 1.88. The van der Waals surface area contributed by atoms with Gasteiger partial charge in [-0.1, -0.05) is 0 Å². The lowest BCUT2D eigenvalue weighted by Gasteiger charge is -2.12. The number of aliphatic imine (C=N–C) groups is 1. The van der Waals surface area contributed by atoms with Gasteiger partial charge in [0.1, 0.15) is 0 Å². The average Bonchev–Trinajstić information content (AvgIpc) is 2.99. The lowest BCUT2D eigenvalue weighted by molar-refractivity contribution is 0.925. The molecule has 0 unspecified atom stereocenters. The number of rotatable bonds is 4. The van der Waals surface area contributed by atoms with Crippen LogP contribution in [0.25, 0.3) is 0 Å². The zero-order valence-electron chi connectivity index (χ0n) is 13.3. The summed E-state index contributed by atoms with van der Waals surface area (Å²) < 4.78 is 0. The van der Waals surface area contributed by atoms with Crippen LogP contribution in [0.15, 0.2) is 23.6 Å². The van der Waals surface area contributed by atoms with Crippen molar-refractivity contribution in [2.45, 2.75) is 20.3 Å². The molecule has 0 aliphatic carbocycles. The Kier molecular flexibility index (Phi) is 5.98. The van der Waals surface area contributed by atoms with Crippen molar-refractivity contribution >= 4 is 29.2 Å². The van der Waals surface area contributed by atoms with Crippen molar-refractivity contribution in [3.05, 3.63) is 35.7 Å². The third kappa shape index (κ3) is 5.62. The Morgan fingerprint density at radius 1 is 1.30 bits per heavy atom. The molecule has 0 fully saturated rings. The molecule has 0 radical (unpaired) electrons. The van der Waals surface area contributed by atoms with Gasteiger partial charge < -0.3 is 15.6 Å². The fraction of sp³-hybridized carbons (Fsp3) is 0.357. The SMILES string of the molecule is CNC(=S)NC(=NCCc1cnc[nH]1)Nc1nc(C)cc(C)n1. The summed E-state index contributed by atoms with van der Waals surface area (Å²) in [4.78, 5) is 20.2. The molecule has 122 valence electrons. The summed E-state index contributed by atoms with van der Waals surface area (Å²) in [7, 11) is 1.74. The van der Waals surface area contributed by atoms with E-state index in [1.807, 2.05) is 19.9 Å². The Bertz CT molecular complexity index is 660. The van der Waals surface area contributed by atoms with Gasteiger partial charge in [-0.05, 0) is 32.1 Å². The molecule has 2 rings (SSSR count). The molecule has 0 saturated carbocycles. The van der Waals surface area contributed by atoms with Crippen molar-refractivity contribution < 1.29 is 0 Å². The molecule has 0 aliphatic heterocycles. The van der Waals surface area contributed by atoms with Crippen molar-refractivity contribution in [2.75, 3.05) is 18.9 Å². The van der Waals surface area contributed by atoms with E-state index in [9.17, 15) is 0 Å². The summed E-state index contributed by atoms with van der Waals surface area (Å²) in [5.74, 6) is 0.975. The predicted molar refractivity (Wildman–Crippen MR) is 94.5 cm³/mol. The van der Waals surface area contributed by atoms with Gasteiger partial charge >= 0.3 is 0 Å². The number of guanidine groups is 1. The minimum Gasteiger partial charge on any atom is -0.365 e. The molecule has 0 spiro atoms. The number of nitrogens with one attached hydrogen (secondary N) is 4. The maximum atomic E-state index is 5.13. The lowest BCUT2D eigenvalue weighted by Crippen LogP contribution is -2.41. The molecule has 2 heterocycles. The normalized spacial score (nSPS) is 11.2. The third-order valence-corrected chi connectivity index (χ3v) is 3.18. The molecule has 2 aromatic heterocycles. The van der Waals surface area contributed by atoms with E-state index < -0.39 is 0 Å². The van der Waals surface area contributed by atoms with E-state index in [0.29, 0.717) is 23.6 Å². The molecule has 8 nitrogen and oxygen atoms in total. The molecule has 0 aliphatic rings. The minimum atomic E-state index is 0.460. The van der Waals surface area contributed by atoms with Crippen LogP contribution in [-0.4, -0.2) is 44.6 Å². The monoisotopic (exact) mass is 332 g/mol. The topological polar surface area (TPSA) is 103 Å². The zero-order valence-corrected chi connectivity index (χ0v) is 14.2. The Morgan fingerprint density at radius 3 is 2.65 bits per heavy atom.